The molecule has 1 fully saturated rings. The van der Waals surface area contributed by atoms with Crippen molar-refractivity contribution in [2.75, 3.05) is 5.32 Å². The van der Waals surface area contributed by atoms with Crippen molar-refractivity contribution in [1.82, 2.24) is 15.5 Å². The van der Waals surface area contributed by atoms with Crippen LogP contribution in [0.2, 0.25) is 0 Å². The van der Waals surface area contributed by atoms with Crippen molar-refractivity contribution in [3.8, 4) is 0 Å². The molecule has 0 saturated carbocycles. The van der Waals surface area contributed by atoms with Gasteiger partial charge in [0, 0.05) is 30.7 Å². The molecule has 194 valence electrons. The minimum atomic E-state index is -0.982. The lowest BCUT2D eigenvalue weighted by Gasteiger charge is -2.32. The number of nitrogens with one attached hydrogen (secondary N) is 3. The number of piperidine rings is 1. The molecule has 2 aliphatic heterocycles. The van der Waals surface area contributed by atoms with Crippen LogP contribution in [0.5, 0.6) is 0 Å². The van der Waals surface area contributed by atoms with Crippen molar-refractivity contribution in [1.29, 1.82) is 0 Å². The molecule has 2 aliphatic rings. The zero-order valence-corrected chi connectivity index (χ0v) is 21.4. The minimum absolute atomic E-state index is 0.0569. The Kier molecular flexibility index (Phi) is 7.88. The third kappa shape index (κ3) is 5.34. The van der Waals surface area contributed by atoms with Gasteiger partial charge in [-0.15, -0.1) is 6.58 Å². The monoisotopic (exact) mass is 502 g/mol. The van der Waals surface area contributed by atoms with E-state index in [1.807, 2.05) is 18.2 Å². The minimum Gasteiger partial charge on any atom is -0.380 e. The molecule has 0 radical (unpaired) electrons. The van der Waals surface area contributed by atoms with Crippen LogP contribution in [0.25, 0.3) is 0 Å². The normalized spacial score (nSPS) is 17.6. The van der Waals surface area contributed by atoms with Gasteiger partial charge in [-0.3, -0.25) is 29.4 Å². The molecule has 3 N–H and O–H groups in total. The number of benzene rings is 2. The third-order valence-corrected chi connectivity index (χ3v) is 7.53. The molecule has 0 bridgehead atoms. The summed E-state index contributed by atoms with van der Waals surface area (Å²) in [6, 6.07) is 12.3. The summed E-state index contributed by atoms with van der Waals surface area (Å²) in [4.78, 5) is 51.1. The highest BCUT2D eigenvalue weighted by atomic mass is 16.2. The largest absolute Gasteiger partial charge is 0.380 e. The molecule has 8 nitrogen and oxygen atoms in total. The van der Waals surface area contributed by atoms with Crippen LogP contribution in [0.1, 0.15) is 77.8 Å². The number of carbonyl (C=O) groups is 4. The maximum absolute atomic E-state index is 13.2. The van der Waals surface area contributed by atoms with Gasteiger partial charge in [0.15, 0.2) is 0 Å². The van der Waals surface area contributed by atoms with E-state index in [-0.39, 0.29) is 29.5 Å². The summed E-state index contributed by atoms with van der Waals surface area (Å²) in [7, 11) is 0. The molecule has 2 aromatic rings. The standard InChI is InChI=1S/C29H34N4O4/c1-4-16-29(5-2,6-3)31-18-20-12-10-19(11-13-20)17-30-22-9-7-8-21-25(22)28(37)33(27(21)36)23-14-15-24(34)32-26(23)35/h4,7-13,23,30-31H,1,5-6,14-18H2,2-3H3,(H,32,34,35). The number of rotatable bonds is 11. The van der Waals surface area contributed by atoms with E-state index in [9.17, 15) is 19.2 Å². The number of imide groups is 2. The predicted molar refractivity (Wildman–Crippen MR) is 142 cm³/mol. The fraction of sp³-hybridized carbons (Fsp3) is 0.379. The highest BCUT2D eigenvalue weighted by Crippen LogP contribution is 2.32. The maximum atomic E-state index is 13.2. The van der Waals surface area contributed by atoms with Gasteiger partial charge in [0.25, 0.3) is 11.8 Å². The van der Waals surface area contributed by atoms with Crippen LogP contribution in [0.4, 0.5) is 5.69 Å². The lowest BCUT2D eigenvalue weighted by molar-refractivity contribution is -0.136. The molecule has 2 heterocycles. The van der Waals surface area contributed by atoms with Gasteiger partial charge in [-0.1, -0.05) is 50.3 Å². The van der Waals surface area contributed by atoms with Crippen molar-refractivity contribution in [2.24, 2.45) is 0 Å². The van der Waals surface area contributed by atoms with Crippen LogP contribution in [0, 0.1) is 0 Å². The van der Waals surface area contributed by atoms with Gasteiger partial charge in [-0.2, -0.15) is 0 Å². The van der Waals surface area contributed by atoms with Crippen LogP contribution in [0.15, 0.2) is 55.1 Å². The van der Waals surface area contributed by atoms with Gasteiger partial charge < -0.3 is 10.6 Å². The maximum Gasteiger partial charge on any atom is 0.264 e. The fourth-order valence-corrected chi connectivity index (χ4v) is 5.06. The third-order valence-electron chi connectivity index (χ3n) is 7.53. The number of amides is 4. The molecular formula is C29H34N4O4. The Balaban J connectivity index is 1.43. The van der Waals surface area contributed by atoms with Crippen molar-refractivity contribution < 1.29 is 19.2 Å². The summed E-state index contributed by atoms with van der Waals surface area (Å²) in [6.07, 6.45) is 5.17. The highest BCUT2D eigenvalue weighted by molar-refractivity contribution is 6.25. The second-order valence-corrected chi connectivity index (χ2v) is 9.68. The van der Waals surface area contributed by atoms with Crippen LogP contribution in [-0.4, -0.2) is 40.1 Å². The molecule has 4 amide bonds. The van der Waals surface area contributed by atoms with E-state index in [1.165, 1.54) is 5.56 Å². The smallest absolute Gasteiger partial charge is 0.264 e. The van der Waals surface area contributed by atoms with E-state index in [0.29, 0.717) is 12.2 Å². The van der Waals surface area contributed by atoms with Crippen LogP contribution in [0.3, 0.4) is 0 Å². The number of fused-ring (bicyclic) bond motifs is 1. The summed E-state index contributed by atoms with van der Waals surface area (Å²) >= 11 is 0. The van der Waals surface area contributed by atoms with Crippen LogP contribution < -0.4 is 16.0 Å². The van der Waals surface area contributed by atoms with E-state index < -0.39 is 29.7 Å². The molecule has 8 heteroatoms. The zero-order valence-electron chi connectivity index (χ0n) is 21.4. The van der Waals surface area contributed by atoms with Gasteiger partial charge in [0.05, 0.1) is 11.1 Å². The van der Waals surface area contributed by atoms with E-state index in [2.05, 4.69) is 48.5 Å². The topological polar surface area (TPSA) is 108 Å². The Morgan fingerprint density at radius 3 is 2.30 bits per heavy atom. The van der Waals surface area contributed by atoms with Gasteiger partial charge >= 0.3 is 0 Å². The number of hydrogen-bond acceptors (Lipinski definition) is 6. The summed E-state index contributed by atoms with van der Waals surface area (Å²) in [5.41, 5.74) is 3.33. The lowest BCUT2D eigenvalue weighted by Crippen LogP contribution is -2.54. The highest BCUT2D eigenvalue weighted by Gasteiger charge is 2.45. The molecule has 0 aliphatic carbocycles. The van der Waals surface area contributed by atoms with E-state index in [1.54, 1.807) is 18.2 Å². The van der Waals surface area contributed by atoms with Crippen molar-refractivity contribution in [3.05, 3.63) is 77.4 Å². The summed E-state index contributed by atoms with van der Waals surface area (Å²) < 4.78 is 0. The van der Waals surface area contributed by atoms with Crippen molar-refractivity contribution in [3.63, 3.8) is 0 Å². The first-order valence-electron chi connectivity index (χ1n) is 12.8. The van der Waals surface area contributed by atoms with E-state index >= 15 is 0 Å². The summed E-state index contributed by atoms with van der Waals surface area (Å²) in [5.74, 6) is -2.04. The Hall–Kier alpha value is -3.78. The second kappa shape index (κ2) is 11.1. The molecule has 1 unspecified atom stereocenters. The van der Waals surface area contributed by atoms with Gasteiger partial charge in [-0.25, -0.2) is 0 Å². The van der Waals surface area contributed by atoms with Crippen molar-refractivity contribution in [2.45, 2.75) is 70.6 Å². The molecule has 0 spiro atoms. The lowest BCUT2D eigenvalue weighted by atomic mass is 9.88. The molecular weight excluding hydrogens is 468 g/mol. The van der Waals surface area contributed by atoms with E-state index in [0.717, 1.165) is 36.3 Å². The number of carbonyl (C=O) groups excluding carboxylic acids is 4. The quantitative estimate of drug-likeness (QED) is 0.318. The number of hydrogen-bond donors (Lipinski definition) is 3. The Labute approximate surface area is 217 Å². The van der Waals surface area contributed by atoms with Gasteiger partial charge in [-0.05, 0) is 48.9 Å². The predicted octanol–water partition coefficient (Wildman–Crippen LogP) is 3.92. The molecule has 1 saturated heterocycles. The molecule has 37 heavy (non-hydrogen) atoms. The molecule has 4 rings (SSSR count). The summed E-state index contributed by atoms with van der Waals surface area (Å²) in [6.45, 7) is 9.52. The van der Waals surface area contributed by atoms with Gasteiger partial charge in [0.1, 0.15) is 6.04 Å². The average Bonchev–Trinajstić information content (AvgIpc) is 3.16. The first-order chi connectivity index (χ1) is 17.8. The van der Waals surface area contributed by atoms with Crippen LogP contribution in [-0.2, 0) is 22.7 Å². The Morgan fingerprint density at radius 1 is 1.00 bits per heavy atom. The fourth-order valence-electron chi connectivity index (χ4n) is 5.06. The SMILES string of the molecule is C=CCC(CC)(CC)NCc1ccc(CNc2cccc3c2C(=O)N(C2CCC(=O)NC2=O)C3=O)cc1. The molecule has 1 atom stereocenters. The second-order valence-electron chi connectivity index (χ2n) is 9.68. The Morgan fingerprint density at radius 2 is 1.68 bits per heavy atom. The number of nitrogens with zero attached hydrogens (tertiary/aromatic N) is 1. The zero-order chi connectivity index (χ0) is 26.6. The molecule has 0 aromatic heterocycles. The van der Waals surface area contributed by atoms with Crippen molar-refractivity contribution >= 4 is 29.3 Å². The van der Waals surface area contributed by atoms with Crippen LogP contribution >= 0.6 is 0 Å². The summed E-state index contributed by atoms with van der Waals surface area (Å²) in [5, 5.41) is 9.20. The molecule has 2 aromatic carbocycles. The average molecular weight is 503 g/mol. The Bertz CT molecular complexity index is 1220. The van der Waals surface area contributed by atoms with E-state index in [4.69, 9.17) is 0 Å². The number of anilines is 1. The first-order valence-corrected chi connectivity index (χ1v) is 12.8. The van der Waals surface area contributed by atoms with Gasteiger partial charge in [0.2, 0.25) is 11.8 Å². The first kappa shape index (κ1) is 26.3.